The molecule has 0 heterocycles. The van der Waals surface area contributed by atoms with Crippen LogP contribution in [0.2, 0.25) is 0 Å². The van der Waals surface area contributed by atoms with E-state index in [9.17, 15) is 0 Å². The third-order valence-electron chi connectivity index (χ3n) is 3.89. The van der Waals surface area contributed by atoms with Crippen molar-refractivity contribution in [2.45, 2.75) is 19.3 Å². The summed E-state index contributed by atoms with van der Waals surface area (Å²) < 4.78 is 0. The Labute approximate surface area is 133 Å². The van der Waals surface area contributed by atoms with Gasteiger partial charge in [-0.1, -0.05) is 91.0 Å². The summed E-state index contributed by atoms with van der Waals surface area (Å²) in [6, 6.07) is 32.3. The molecule has 0 fully saturated rings. The number of hydrogen-bond donors (Lipinski definition) is 0. The van der Waals surface area contributed by atoms with E-state index in [0.717, 1.165) is 19.3 Å². The smallest absolute Gasteiger partial charge is 0.0110 e. The monoisotopic (exact) mass is 285 g/mol. The van der Waals surface area contributed by atoms with Crippen LogP contribution in [0.15, 0.2) is 91.0 Å². The van der Waals surface area contributed by atoms with E-state index in [2.05, 4.69) is 91.0 Å². The molecule has 0 heteroatoms. The van der Waals surface area contributed by atoms with Gasteiger partial charge in [0.1, 0.15) is 0 Å². The minimum Gasteiger partial charge on any atom is -0.0622 e. The Morgan fingerprint density at radius 3 is 0.955 bits per heavy atom. The summed E-state index contributed by atoms with van der Waals surface area (Å²) in [5.74, 6) is 1.56. The summed E-state index contributed by atoms with van der Waals surface area (Å²) in [5, 5.41) is 0. The van der Waals surface area contributed by atoms with E-state index in [1.165, 1.54) is 16.7 Å². The molecule has 0 unspecified atom stereocenters. The van der Waals surface area contributed by atoms with Crippen LogP contribution in [0.1, 0.15) is 16.7 Å². The standard InChI is InChI=1S/C22H21/c1-4-10-19(11-5-1)16-22(17-20-12-6-2-7-13-20)18-21-14-8-3-9-15-21/h1-15H,16-18H2. The SMILES string of the molecule is c1ccc(C[C](Cc2ccccc2)Cc2ccccc2)cc1. The molecule has 0 saturated heterocycles. The summed E-state index contributed by atoms with van der Waals surface area (Å²) in [4.78, 5) is 0. The molecule has 0 amide bonds. The van der Waals surface area contributed by atoms with Crippen molar-refractivity contribution in [3.8, 4) is 0 Å². The van der Waals surface area contributed by atoms with Gasteiger partial charge in [-0.25, -0.2) is 0 Å². The van der Waals surface area contributed by atoms with Gasteiger partial charge in [0.25, 0.3) is 0 Å². The van der Waals surface area contributed by atoms with Crippen LogP contribution in [-0.2, 0) is 19.3 Å². The van der Waals surface area contributed by atoms with Crippen LogP contribution in [0, 0.1) is 5.92 Å². The highest BCUT2D eigenvalue weighted by atomic mass is 14.2. The van der Waals surface area contributed by atoms with Gasteiger partial charge in [0.05, 0.1) is 0 Å². The molecular weight excluding hydrogens is 264 g/mol. The molecule has 0 N–H and O–H groups in total. The largest absolute Gasteiger partial charge is 0.0622 e. The molecule has 0 bridgehead atoms. The van der Waals surface area contributed by atoms with Gasteiger partial charge in [-0.05, 0) is 41.9 Å². The highest BCUT2D eigenvalue weighted by Gasteiger charge is 2.12. The zero-order valence-electron chi connectivity index (χ0n) is 12.8. The Kier molecular flexibility index (Phi) is 5.04. The molecule has 22 heavy (non-hydrogen) atoms. The first kappa shape index (κ1) is 14.6. The van der Waals surface area contributed by atoms with Gasteiger partial charge in [0.15, 0.2) is 0 Å². The second kappa shape index (κ2) is 7.61. The molecule has 0 aliphatic rings. The van der Waals surface area contributed by atoms with E-state index in [1.54, 1.807) is 5.92 Å². The Hall–Kier alpha value is -2.34. The maximum atomic E-state index is 2.22. The van der Waals surface area contributed by atoms with Gasteiger partial charge in [-0.2, -0.15) is 0 Å². The normalized spacial score (nSPS) is 10.8. The van der Waals surface area contributed by atoms with E-state index in [-0.39, 0.29) is 0 Å². The molecule has 0 aliphatic heterocycles. The highest BCUT2D eigenvalue weighted by Crippen LogP contribution is 2.21. The predicted octanol–water partition coefficient (Wildman–Crippen LogP) is 5.29. The first-order valence-electron chi connectivity index (χ1n) is 7.85. The Bertz CT molecular complexity index is 558. The molecule has 0 nitrogen and oxygen atoms in total. The van der Waals surface area contributed by atoms with Crippen molar-refractivity contribution >= 4 is 0 Å². The van der Waals surface area contributed by atoms with Gasteiger partial charge in [-0.15, -0.1) is 0 Å². The molecular formula is C22H21. The van der Waals surface area contributed by atoms with Crippen molar-refractivity contribution in [1.82, 2.24) is 0 Å². The number of benzene rings is 3. The van der Waals surface area contributed by atoms with Crippen LogP contribution < -0.4 is 0 Å². The predicted molar refractivity (Wildman–Crippen MR) is 93.7 cm³/mol. The molecule has 109 valence electrons. The average Bonchev–Trinajstić information content (AvgIpc) is 2.57. The third-order valence-corrected chi connectivity index (χ3v) is 3.89. The van der Waals surface area contributed by atoms with Crippen molar-refractivity contribution in [2.75, 3.05) is 0 Å². The van der Waals surface area contributed by atoms with Crippen LogP contribution in [0.25, 0.3) is 0 Å². The van der Waals surface area contributed by atoms with Crippen LogP contribution in [-0.4, -0.2) is 0 Å². The average molecular weight is 285 g/mol. The minimum absolute atomic E-state index is 1.05. The lowest BCUT2D eigenvalue weighted by Gasteiger charge is -2.17. The second-order valence-corrected chi connectivity index (χ2v) is 5.74. The first-order chi connectivity index (χ1) is 10.9. The number of rotatable bonds is 6. The van der Waals surface area contributed by atoms with Crippen molar-refractivity contribution in [1.29, 1.82) is 0 Å². The quantitative estimate of drug-likeness (QED) is 0.577. The fourth-order valence-electron chi connectivity index (χ4n) is 2.84. The first-order valence-corrected chi connectivity index (χ1v) is 7.85. The van der Waals surface area contributed by atoms with Crippen LogP contribution in [0.5, 0.6) is 0 Å². The van der Waals surface area contributed by atoms with Crippen molar-refractivity contribution in [3.05, 3.63) is 114 Å². The van der Waals surface area contributed by atoms with E-state index in [1.807, 2.05) is 0 Å². The summed E-state index contributed by atoms with van der Waals surface area (Å²) in [5.41, 5.74) is 4.18. The Balaban J connectivity index is 1.75. The topological polar surface area (TPSA) is 0 Å². The lowest BCUT2D eigenvalue weighted by molar-refractivity contribution is 0.793. The summed E-state index contributed by atoms with van der Waals surface area (Å²) in [6.45, 7) is 0. The molecule has 0 atom stereocenters. The molecule has 0 aromatic heterocycles. The van der Waals surface area contributed by atoms with Crippen molar-refractivity contribution in [3.63, 3.8) is 0 Å². The summed E-state index contributed by atoms with van der Waals surface area (Å²) >= 11 is 0. The second-order valence-electron chi connectivity index (χ2n) is 5.74. The van der Waals surface area contributed by atoms with Gasteiger partial charge in [0.2, 0.25) is 0 Å². The van der Waals surface area contributed by atoms with Gasteiger partial charge < -0.3 is 0 Å². The maximum Gasteiger partial charge on any atom is -0.0110 e. The van der Waals surface area contributed by atoms with Gasteiger partial charge >= 0.3 is 0 Å². The fraction of sp³-hybridized carbons (Fsp3) is 0.136. The van der Waals surface area contributed by atoms with Gasteiger partial charge in [0, 0.05) is 0 Å². The fourth-order valence-corrected chi connectivity index (χ4v) is 2.84. The molecule has 3 rings (SSSR count). The molecule has 3 aromatic carbocycles. The number of hydrogen-bond acceptors (Lipinski definition) is 0. The van der Waals surface area contributed by atoms with Crippen molar-refractivity contribution < 1.29 is 0 Å². The lowest BCUT2D eigenvalue weighted by atomic mass is 9.87. The molecule has 0 saturated carbocycles. The molecule has 1 radical (unpaired) electrons. The zero-order chi connectivity index (χ0) is 15.0. The van der Waals surface area contributed by atoms with Crippen LogP contribution >= 0.6 is 0 Å². The molecule has 3 aromatic rings. The molecule has 0 aliphatic carbocycles. The maximum absolute atomic E-state index is 2.22. The molecule has 0 spiro atoms. The highest BCUT2D eigenvalue weighted by molar-refractivity contribution is 5.28. The van der Waals surface area contributed by atoms with Crippen LogP contribution in [0.3, 0.4) is 0 Å². The Morgan fingerprint density at radius 2 is 0.682 bits per heavy atom. The third kappa shape index (κ3) is 4.33. The summed E-state index contributed by atoms with van der Waals surface area (Å²) in [6.07, 6.45) is 3.14. The van der Waals surface area contributed by atoms with E-state index < -0.39 is 0 Å². The van der Waals surface area contributed by atoms with E-state index >= 15 is 0 Å². The van der Waals surface area contributed by atoms with E-state index in [4.69, 9.17) is 0 Å². The van der Waals surface area contributed by atoms with E-state index in [0.29, 0.717) is 0 Å². The Morgan fingerprint density at radius 1 is 0.409 bits per heavy atom. The van der Waals surface area contributed by atoms with Gasteiger partial charge in [-0.3, -0.25) is 0 Å². The van der Waals surface area contributed by atoms with Crippen molar-refractivity contribution in [2.24, 2.45) is 0 Å². The minimum atomic E-state index is 1.05. The zero-order valence-corrected chi connectivity index (χ0v) is 12.8. The van der Waals surface area contributed by atoms with Crippen LogP contribution in [0.4, 0.5) is 0 Å². The summed E-state index contributed by atoms with van der Waals surface area (Å²) in [7, 11) is 0. The lowest BCUT2D eigenvalue weighted by Crippen LogP contribution is -2.09.